The van der Waals surface area contributed by atoms with Crippen LogP contribution in [0.3, 0.4) is 0 Å². The first-order valence-corrected chi connectivity index (χ1v) is 4.99. The Kier molecular flexibility index (Phi) is 7.09. The summed E-state index contributed by atoms with van der Waals surface area (Å²) in [6, 6.07) is 0.0182. The average Bonchev–Trinajstić information content (AvgIpc) is 2.09. The maximum absolute atomic E-state index is 8.84. The maximum Gasteiger partial charge on any atom is 0.0707 e. The molecule has 1 unspecified atom stereocenters. The predicted molar refractivity (Wildman–Crippen MR) is 56.5 cm³/mol. The summed E-state index contributed by atoms with van der Waals surface area (Å²) in [5, 5.41) is 11.8. The zero-order valence-corrected chi connectivity index (χ0v) is 9.67. The van der Waals surface area contributed by atoms with E-state index < -0.39 is 0 Å². The molecule has 0 aliphatic heterocycles. The highest BCUT2D eigenvalue weighted by atomic mass is 16.5. The first-order chi connectivity index (χ1) is 6.49. The zero-order chi connectivity index (χ0) is 11.0. The molecule has 4 heteroatoms. The van der Waals surface area contributed by atoms with Gasteiger partial charge in [0, 0.05) is 0 Å². The smallest absolute Gasteiger partial charge is 0.0707 e. The van der Waals surface area contributed by atoms with Crippen molar-refractivity contribution in [3.63, 3.8) is 0 Å². The summed E-state index contributed by atoms with van der Waals surface area (Å²) in [5.41, 5.74) is -0.108. The highest BCUT2D eigenvalue weighted by Gasteiger charge is 2.09. The molecule has 0 aromatic rings. The van der Waals surface area contributed by atoms with Gasteiger partial charge in [-0.25, -0.2) is 0 Å². The lowest BCUT2D eigenvalue weighted by molar-refractivity contribution is -0.0386. The molecule has 1 atom stereocenters. The van der Waals surface area contributed by atoms with Gasteiger partial charge < -0.3 is 19.9 Å². The molecule has 0 bridgehead atoms. The Morgan fingerprint density at radius 1 is 1.29 bits per heavy atom. The van der Waals surface area contributed by atoms with Crippen LogP contribution < -0.4 is 5.32 Å². The molecule has 0 aliphatic rings. The summed E-state index contributed by atoms with van der Waals surface area (Å²) >= 11 is 0. The molecule has 0 fully saturated rings. The van der Waals surface area contributed by atoms with Crippen molar-refractivity contribution in [2.75, 3.05) is 33.5 Å². The van der Waals surface area contributed by atoms with E-state index in [4.69, 9.17) is 14.6 Å². The molecule has 14 heavy (non-hydrogen) atoms. The second kappa shape index (κ2) is 7.17. The summed E-state index contributed by atoms with van der Waals surface area (Å²) in [6.45, 7) is 7.79. The minimum atomic E-state index is -0.108. The van der Waals surface area contributed by atoms with E-state index in [1.54, 1.807) is 7.05 Å². The summed E-state index contributed by atoms with van der Waals surface area (Å²) < 4.78 is 10.8. The largest absolute Gasteiger partial charge is 0.395 e. The quantitative estimate of drug-likeness (QED) is 0.591. The van der Waals surface area contributed by atoms with E-state index in [0.29, 0.717) is 19.8 Å². The summed E-state index contributed by atoms with van der Waals surface area (Å²) in [7, 11) is 1.80. The molecule has 0 saturated carbocycles. The normalized spacial score (nSPS) is 14.4. The summed E-state index contributed by atoms with van der Waals surface area (Å²) in [4.78, 5) is 0. The van der Waals surface area contributed by atoms with Crippen LogP contribution >= 0.6 is 0 Å². The number of rotatable bonds is 7. The van der Waals surface area contributed by atoms with Crippen molar-refractivity contribution in [2.45, 2.75) is 32.4 Å². The van der Waals surface area contributed by atoms with E-state index in [0.717, 1.165) is 0 Å². The van der Waals surface area contributed by atoms with Crippen molar-refractivity contribution in [1.82, 2.24) is 5.32 Å². The Morgan fingerprint density at radius 3 is 2.36 bits per heavy atom. The molecular weight excluding hydrogens is 182 g/mol. The SMILES string of the molecule is CNC(CO)COCCOC(C)(C)C. The molecule has 0 heterocycles. The van der Waals surface area contributed by atoms with Gasteiger partial charge in [0.25, 0.3) is 0 Å². The second-order valence-corrected chi connectivity index (χ2v) is 4.20. The molecule has 0 radical (unpaired) electrons. The van der Waals surface area contributed by atoms with Crippen LogP contribution in [0, 0.1) is 0 Å². The Hall–Kier alpha value is -0.160. The molecular formula is C10H23NO3. The number of ether oxygens (including phenoxy) is 2. The number of likely N-dealkylation sites (N-methyl/N-ethyl adjacent to an activating group) is 1. The van der Waals surface area contributed by atoms with Crippen molar-refractivity contribution in [2.24, 2.45) is 0 Å². The average molecular weight is 205 g/mol. The first-order valence-electron chi connectivity index (χ1n) is 4.99. The maximum atomic E-state index is 8.84. The van der Waals surface area contributed by atoms with Crippen molar-refractivity contribution in [1.29, 1.82) is 0 Å². The Labute approximate surface area is 86.6 Å². The van der Waals surface area contributed by atoms with Crippen LogP contribution in [0.5, 0.6) is 0 Å². The molecule has 2 N–H and O–H groups in total. The highest BCUT2D eigenvalue weighted by molar-refractivity contribution is 4.61. The molecule has 0 aromatic heterocycles. The second-order valence-electron chi connectivity index (χ2n) is 4.20. The van der Waals surface area contributed by atoms with Crippen LogP contribution in [0.4, 0.5) is 0 Å². The van der Waals surface area contributed by atoms with Gasteiger partial charge in [0.1, 0.15) is 0 Å². The minimum Gasteiger partial charge on any atom is -0.395 e. The summed E-state index contributed by atoms with van der Waals surface area (Å²) in [6.07, 6.45) is 0. The van der Waals surface area contributed by atoms with E-state index in [2.05, 4.69) is 5.32 Å². The Morgan fingerprint density at radius 2 is 1.93 bits per heavy atom. The van der Waals surface area contributed by atoms with E-state index in [9.17, 15) is 0 Å². The van der Waals surface area contributed by atoms with E-state index >= 15 is 0 Å². The van der Waals surface area contributed by atoms with Gasteiger partial charge in [0.05, 0.1) is 38.1 Å². The van der Waals surface area contributed by atoms with Gasteiger partial charge in [-0.15, -0.1) is 0 Å². The monoisotopic (exact) mass is 205 g/mol. The fourth-order valence-electron chi connectivity index (χ4n) is 0.860. The van der Waals surface area contributed by atoms with Gasteiger partial charge in [-0.3, -0.25) is 0 Å². The molecule has 0 aliphatic carbocycles. The van der Waals surface area contributed by atoms with Crippen LogP contribution in [0.1, 0.15) is 20.8 Å². The van der Waals surface area contributed by atoms with Crippen LogP contribution in [-0.2, 0) is 9.47 Å². The van der Waals surface area contributed by atoms with Crippen molar-refractivity contribution >= 4 is 0 Å². The topological polar surface area (TPSA) is 50.7 Å². The number of nitrogens with one attached hydrogen (secondary N) is 1. The van der Waals surface area contributed by atoms with Crippen molar-refractivity contribution in [3.05, 3.63) is 0 Å². The highest BCUT2D eigenvalue weighted by Crippen LogP contribution is 2.05. The number of aliphatic hydroxyl groups is 1. The fourth-order valence-corrected chi connectivity index (χ4v) is 0.860. The van der Waals surface area contributed by atoms with Gasteiger partial charge in [0.2, 0.25) is 0 Å². The molecule has 0 rings (SSSR count). The number of hydrogen-bond acceptors (Lipinski definition) is 4. The third-order valence-electron chi connectivity index (χ3n) is 1.71. The number of hydrogen-bond donors (Lipinski definition) is 2. The van der Waals surface area contributed by atoms with Crippen LogP contribution in [0.2, 0.25) is 0 Å². The molecule has 0 aromatic carbocycles. The van der Waals surface area contributed by atoms with Crippen LogP contribution in [0.25, 0.3) is 0 Å². The molecule has 0 saturated heterocycles. The van der Waals surface area contributed by atoms with Gasteiger partial charge >= 0.3 is 0 Å². The molecule has 0 amide bonds. The van der Waals surface area contributed by atoms with Crippen molar-refractivity contribution in [3.8, 4) is 0 Å². The third kappa shape index (κ3) is 8.44. The lowest BCUT2D eigenvalue weighted by atomic mass is 10.2. The summed E-state index contributed by atoms with van der Waals surface area (Å²) in [5.74, 6) is 0. The lowest BCUT2D eigenvalue weighted by Gasteiger charge is -2.20. The van der Waals surface area contributed by atoms with E-state index in [-0.39, 0.29) is 18.2 Å². The minimum absolute atomic E-state index is 0.0182. The predicted octanol–water partition coefficient (Wildman–Crippen LogP) is 0.398. The Balaban J connectivity index is 3.29. The van der Waals surface area contributed by atoms with Gasteiger partial charge in [0.15, 0.2) is 0 Å². The lowest BCUT2D eigenvalue weighted by Crippen LogP contribution is -2.34. The van der Waals surface area contributed by atoms with Crippen molar-refractivity contribution < 1.29 is 14.6 Å². The van der Waals surface area contributed by atoms with Gasteiger partial charge in [-0.1, -0.05) is 0 Å². The Bertz CT molecular complexity index is 130. The van der Waals surface area contributed by atoms with Gasteiger partial charge in [-0.05, 0) is 27.8 Å². The van der Waals surface area contributed by atoms with Gasteiger partial charge in [-0.2, -0.15) is 0 Å². The standard InChI is InChI=1S/C10H23NO3/c1-10(2,3)14-6-5-13-8-9(7-12)11-4/h9,11-12H,5-8H2,1-4H3. The number of aliphatic hydroxyl groups excluding tert-OH is 1. The van der Waals surface area contributed by atoms with Crippen LogP contribution in [-0.4, -0.2) is 50.2 Å². The fraction of sp³-hybridized carbons (Fsp3) is 1.00. The van der Waals surface area contributed by atoms with E-state index in [1.165, 1.54) is 0 Å². The van der Waals surface area contributed by atoms with Crippen LogP contribution in [0.15, 0.2) is 0 Å². The third-order valence-corrected chi connectivity index (χ3v) is 1.71. The van der Waals surface area contributed by atoms with E-state index in [1.807, 2.05) is 20.8 Å². The molecule has 4 nitrogen and oxygen atoms in total. The molecule has 0 spiro atoms. The zero-order valence-electron chi connectivity index (χ0n) is 9.67. The first kappa shape index (κ1) is 13.8. The molecule has 86 valence electrons.